The maximum atomic E-state index is 12.5. The number of hydrogen-bond acceptors (Lipinski definition) is 4. The van der Waals surface area contributed by atoms with Gasteiger partial charge < -0.3 is 15.0 Å². The van der Waals surface area contributed by atoms with Crippen LogP contribution in [0, 0.1) is 0 Å². The third-order valence-electron chi connectivity index (χ3n) is 4.70. The van der Waals surface area contributed by atoms with E-state index < -0.39 is 0 Å². The minimum absolute atomic E-state index is 0.0158. The summed E-state index contributed by atoms with van der Waals surface area (Å²) in [6, 6.07) is 10.8. The molecule has 1 aromatic rings. The topological polar surface area (TPSA) is 44.8 Å². The molecule has 23 heavy (non-hydrogen) atoms. The largest absolute Gasteiger partial charge is 0.375 e. The van der Waals surface area contributed by atoms with Gasteiger partial charge in [0.2, 0.25) is 5.91 Å². The molecule has 1 N–H and O–H groups in total. The van der Waals surface area contributed by atoms with E-state index in [1.54, 1.807) is 0 Å². The molecule has 0 spiro atoms. The Hall–Kier alpha value is -1.43. The van der Waals surface area contributed by atoms with E-state index in [1.165, 1.54) is 5.56 Å². The van der Waals surface area contributed by atoms with E-state index in [-0.39, 0.29) is 18.1 Å². The van der Waals surface area contributed by atoms with Crippen LogP contribution in [0.2, 0.25) is 0 Å². The number of carbonyl (C=O) groups excluding carboxylic acids is 1. The molecule has 2 aliphatic heterocycles. The lowest BCUT2D eigenvalue weighted by Gasteiger charge is -2.37. The summed E-state index contributed by atoms with van der Waals surface area (Å²) in [6.07, 6.45) is 0.511. The number of amides is 1. The van der Waals surface area contributed by atoms with Crippen molar-refractivity contribution < 1.29 is 9.53 Å². The van der Waals surface area contributed by atoms with E-state index in [4.69, 9.17) is 4.74 Å². The first kappa shape index (κ1) is 16.4. The number of ether oxygens (including phenoxy) is 1. The van der Waals surface area contributed by atoms with Crippen LogP contribution in [0.15, 0.2) is 30.3 Å². The molecule has 2 fully saturated rings. The standard InChI is InChI=1S/C18H27N3O2/c1-15-12-19-7-8-21(15)18(22)11-17-14-20(9-10-23-17)13-16-5-3-2-4-6-16/h2-6,15,17,19H,7-14H2,1H3/t15-,17+/m0/s1. The second-order valence-electron chi connectivity index (χ2n) is 6.56. The van der Waals surface area contributed by atoms with E-state index in [1.807, 2.05) is 11.0 Å². The first-order valence-corrected chi connectivity index (χ1v) is 8.60. The zero-order chi connectivity index (χ0) is 16.1. The number of piperazine rings is 1. The molecule has 5 heteroatoms. The van der Waals surface area contributed by atoms with Crippen LogP contribution in [0.4, 0.5) is 0 Å². The molecule has 2 saturated heterocycles. The number of nitrogens with zero attached hydrogens (tertiary/aromatic N) is 2. The van der Waals surface area contributed by atoms with Crippen LogP contribution in [0.5, 0.6) is 0 Å². The Kier molecular flexibility index (Phi) is 5.65. The van der Waals surface area contributed by atoms with Gasteiger partial charge in [0.25, 0.3) is 0 Å². The summed E-state index contributed by atoms with van der Waals surface area (Å²) in [5.74, 6) is 0.227. The maximum Gasteiger partial charge on any atom is 0.225 e. The van der Waals surface area contributed by atoms with Gasteiger partial charge in [-0.2, -0.15) is 0 Å². The van der Waals surface area contributed by atoms with Crippen LogP contribution >= 0.6 is 0 Å². The van der Waals surface area contributed by atoms with Crippen molar-refractivity contribution in [3.63, 3.8) is 0 Å². The highest BCUT2D eigenvalue weighted by Gasteiger charge is 2.28. The highest BCUT2D eigenvalue weighted by atomic mass is 16.5. The van der Waals surface area contributed by atoms with E-state index in [2.05, 4.69) is 41.4 Å². The first-order chi connectivity index (χ1) is 11.2. The van der Waals surface area contributed by atoms with E-state index >= 15 is 0 Å². The number of nitrogens with one attached hydrogen (secondary N) is 1. The summed E-state index contributed by atoms with van der Waals surface area (Å²) in [5.41, 5.74) is 1.32. The predicted octanol–water partition coefficient (Wildman–Crippen LogP) is 1.10. The molecule has 1 amide bonds. The first-order valence-electron chi connectivity index (χ1n) is 8.60. The average Bonchev–Trinajstić information content (AvgIpc) is 2.56. The third-order valence-corrected chi connectivity index (χ3v) is 4.70. The van der Waals surface area contributed by atoms with E-state index in [9.17, 15) is 4.79 Å². The van der Waals surface area contributed by atoms with Gasteiger partial charge in [-0.25, -0.2) is 0 Å². The van der Waals surface area contributed by atoms with Crippen LogP contribution in [0.1, 0.15) is 18.9 Å². The lowest BCUT2D eigenvalue weighted by atomic mass is 10.1. The van der Waals surface area contributed by atoms with Crippen molar-refractivity contribution in [2.75, 3.05) is 39.3 Å². The quantitative estimate of drug-likeness (QED) is 0.903. The van der Waals surface area contributed by atoms with Gasteiger partial charge in [-0.15, -0.1) is 0 Å². The van der Waals surface area contributed by atoms with Crippen LogP contribution in [0.25, 0.3) is 0 Å². The van der Waals surface area contributed by atoms with Gasteiger partial charge in [-0.3, -0.25) is 9.69 Å². The number of benzene rings is 1. The van der Waals surface area contributed by atoms with Crippen molar-refractivity contribution in [2.45, 2.75) is 32.0 Å². The van der Waals surface area contributed by atoms with Crippen molar-refractivity contribution in [1.29, 1.82) is 0 Å². The van der Waals surface area contributed by atoms with E-state index in [0.29, 0.717) is 13.0 Å². The molecule has 0 bridgehead atoms. The van der Waals surface area contributed by atoms with Gasteiger partial charge in [-0.1, -0.05) is 30.3 Å². The third kappa shape index (κ3) is 4.53. The SMILES string of the molecule is C[C@H]1CNCCN1C(=O)C[C@@H]1CN(Cc2ccccc2)CCO1. The predicted molar refractivity (Wildman–Crippen MR) is 90.1 cm³/mol. The van der Waals surface area contributed by atoms with Crippen LogP contribution in [0.3, 0.4) is 0 Å². The molecule has 2 heterocycles. The monoisotopic (exact) mass is 317 g/mol. The zero-order valence-corrected chi connectivity index (χ0v) is 13.9. The molecule has 0 aromatic heterocycles. The van der Waals surface area contributed by atoms with Crippen LogP contribution in [-0.4, -0.2) is 67.2 Å². The Labute approximate surface area is 138 Å². The fourth-order valence-electron chi connectivity index (χ4n) is 3.41. The number of carbonyl (C=O) groups is 1. The van der Waals surface area contributed by atoms with E-state index in [0.717, 1.165) is 39.3 Å². The van der Waals surface area contributed by atoms with Gasteiger partial charge in [-0.05, 0) is 12.5 Å². The number of rotatable bonds is 4. The van der Waals surface area contributed by atoms with Crippen molar-refractivity contribution in [3.8, 4) is 0 Å². The minimum atomic E-state index is 0.0158. The number of morpholine rings is 1. The summed E-state index contributed by atoms with van der Waals surface area (Å²) >= 11 is 0. The van der Waals surface area contributed by atoms with Crippen molar-refractivity contribution in [3.05, 3.63) is 35.9 Å². The molecule has 0 unspecified atom stereocenters. The Balaban J connectivity index is 1.51. The van der Waals surface area contributed by atoms with Crippen molar-refractivity contribution in [1.82, 2.24) is 15.1 Å². The molecular weight excluding hydrogens is 290 g/mol. The molecule has 0 aliphatic carbocycles. The normalized spacial score (nSPS) is 26.2. The Bertz CT molecular complexity index is 508. The summed E-state index contributed by atoms with van der Waals surface area (Å²) in [7, 11) is 0. The lowest BCUT2D eigenvalue weighted by molar-refractivity contribution is -0.139. The summed E-state index contributed by atoms with van der Waals surface area (Å²) < 4.78 is 5.84. The molecule has 2 aliphatic rings. The Morgan fingerprint density at radius 3 is 2.91 bits per heavy atom. The van der Waals surface area contributed by atoms with Gasteiger partial charge >= 0.3 is 0 Å². The van der Waals surface area contributed by atoms with Crippen LogP contribution < -0.4 is 5.32 Å². The average molecular weight is 317 g/mol. The summed E-state index contributed by atoms with van der Waals surface area (Å²) in [5, 5.41) is 3.32. The molecule has 126 valence electrons. The highest BCUT2D eigenvalue weighted by Crippen LogP contribution is 2.15. The Morgan fingerprint density at radius 1 is 1.30 bits per heavy atom. The summed E-state index contributed by atoms with van der Waals surface area (Å²) in [4.78, 5) is 16.9. The minimum Gasteiger partial charge on any atom is -0.375 e. The smallest absolute Gasteiger partial charge is 0.225 e. The molecule has 0 saturated carbocycles. The number of hydrogen-bond donors (Lipinski definition) is 1. The molecule has 0 radical (unpaired) electrons. The fraction of sp³-hybridized carbons (Fsp3) is 0.611. The summed E-state index contributed by atoms with van der Waals surface area (Å²) in [6.45, 7) is 8.10. The van der Waals surface area contributed by atoms with Gasteiger partial charge in [0, 0.05) is 45.3 Å². The van der Waals surface area contributed by atoms with Gasteiger partial charge in [0.15, 0.2) is 0 Å². The van der Waals surface area contributed by atoms with Gasteiger partial charge in [0.05, 0.1) is 19.1 Å². The fourth-order valence-corrected chi connectivity index (χ4v) is 3.41. The molecule has 2 atom stereocenters. The second kappa shape index (κ2) is 7.90. The van der Waals surface area contributed by atoms with Crippen molar-refractivity contribution in [2.24, 2.45) is 0 Å². The Morgan fingerprint density at radius 2 is 2.13 bits per heavy atom. The lowest BCUT2D eigenvalue weighted by Crippen LogP contribution is -2.53. The van der Waals surface area contributed by atoms with Gasteiger partial charge in [0.1, 0.15) is 0 Å². The molecule has 5 nitrogen and oxygen atoms in total. The molecule has 3 rings (SSSR count). The van der Waals surface area contributed by atoms with Crippen LogP contribution in [-0.2, 0) is 16.1 Å². The molecule has 1 aromatic carbocycles. The second-order valence-corrected chi connectivity index (χ2v) is 6.56. The highest BCUT2D eigenvalue weighted by molar-refractivity contribution is 5.77. The zero-order valence-electron chi connectivity index (χ0n) is 13.9. The molecular formula is C18H27N3O2. The maximum absolute atomic E-state index is 12.5. The van der Waals surface area contributed by atoms with Crippen molar-refractivity contribution >= 4 is 5.91 Å².